The Labute approximate surface area is 127 Å². The van der Waals surface area contributed by atoms with Crippen LogP contribution in [0.5, 0.6) is 0 Å². The molecule has 108 valence electrons. The number of rotatable bonds is 5. The smallest absolute Gasteiger partial charge is 0.107 e. The van der Waals surface area contributed by atoms with Crippen molar-refractivity contribution in [2.75, 3.05) is 7.11 Å². The summed E-state index contributed by atoms with van der Waals surface area (Å²) in [6.45, 7) is 2.01. The van der Waals surface area contributed by atoms with Crippen LogP contribution < -0.4 is 5.73 Å². The molecule has 19 heavy (non-hydrogen) atoms. The van der Waals surface area contributed by atoms with Crippen molar-refractivity contribution < 1.29 is 9.47 Å². The van der Waals surface area contributed by atoms with E-state index in [1.54, 1.807) is 18.4 Å². The number of thiophene rings is 1. The second-order valence-corrected chi connectivity index (χ2v) is 7.09. The largest absolute Gasteiger partial charge is 0.381 e. The molecule has 0 aromatic carbocycles. The molecule has 0 spiro atoms. The lowest BCUT2D eigenvalue weighted by atomic mass is 9.94. The molecule has 1 aromatic heterocycles. The Hall–Kier alpha value is 0.0600. The fourth-order valence-electron chi connectivity index (χ4n) is 2.57. The summed E-state index contributed by atoms with van der Waals surface area (Å²) in [6, 6.07) is 2.10. The van der Waals surface area contributed by atoms with Crippen LogP contribution in [-0.4, -0.2) is 25.4 Å². The van der Waals surface area contributed by atoms with E-state index in [9.17, 15) is 0 Å². The number of nitrogens with two attached hydrogens (primary N) is 1. The SMILES string of the molecule is COC1CCCC(OC(c2cc(Br)cs2)C(C)N)C1. The molecule has 0 bridgehead atoms. The summed E-state index contributed by atoms with van der Waals surface area (Å²) in [4.78, 5) is 1.20. The van der Waals surface area contributed by atoms with Crippen LogP contribution in [-0.2, 0) is 9.47 Å². The van der Waals surface area contributed by atoms with Crippen molar-refractivity contribution in [1.29, 1.82) is 0 Å². The highest BCUT2D eigenvalue weighted by Crippen LogP contribution is 2.33. The summed E-state index contributed by atoms with van der Waals surface area (Å²) in [6.07, 6.45) is 4.98. The first-order valence-corrected chi connectivity index (χ1v) is 8.45. The van der Waals surface area contributed by atoms with Gasteiger partial charge in [0.1, 0.15) is 6.10 Å². The van der Waals surface area contributed by atoms with Crippen LogP contribution in [0.1, 0.15) is 43.6 Å². The Morgan fingerprint density at radius 1 is 1.42 bits per heavy atom. The van der Waals surface area contributed by atoms with Gasteiger partial charge in [0.05, 0.1) is 12.2 Å². The summed E-state index contributed by atoms with van der Waals surface area (Å²) in [7, 11) is 1.78. The van der Waals surface area contributed by atoms with Gasteiger partial charge in [0, 0.05) is 27.9 Å². The maximum atomic E-state index is 6.27. The number of hydrogen-bond acceptors (Lipinski definition) is 4. The summed E-state index contributed by atoms with van der Waals surface area (Å²) >= 11 is 5.19. The molecular weight excluding hydrogens is 326 g/mol. The van der Waals surface area contributed by atoms with E-state index in [1.165, 1.54) is 11.3 Å². The molecule has 1 heterocycles. The van der Waals surface area contributed by atoms with Crippen molar-refractivity contribution in [3.63, 3.8) is 0 Å². The Morgan fingerprint density at radius 3 is 2.74 bits per heavy atom. The predicted octanol–water partition coefficient (Wildman–Crippen LogP) is 3.87. The van der Waals surface area contributed by atoms with Crippen molar-refractivity contribution in [3.8, 4) is 0 Å². The van der Waals surface area contributed by atoms with E-state index in [1.807, 2.05) is 6.92 Å². The van der Waals surface area contributed by atoms with Gasteiger partial charge in [0.25, 0.3) is 0 Å². The third-order valence-electron chi connectivity index (χ3n) is 3.60. The van der Waals surface area contributed by atoms with Crippen molar-refractivity contribution in [2.24, 2.45) is 5.73 Å². The second-order valence-electron chi connectivity index (χ2n) is 5.23. The second kappa shape index (κ2) is 7.18. The molecule has 1 saturated carbocycles. The van der Waals surface area contributed by atoms with E-state index in [0.29, 0.717) is 6.10 Å². The van der Waals surface area contributed by atoms with Crippen LogP contribution >= 0.6 is 27.3 Å². The summed E-state index contributed by atoms with van der Waals surface area (Å²) in [5, 5.41) is 2.08. The van der Waals surface area contributed by atoms with Crippen molar-refractivity contribution in [3.05, 3.63) is 20.8 Å². The first-order valence-electron chi connectivity index (χ1n) is 6.78. The van der Waals surface area contributed by atoms with Crippen LogP contribution in [0.3, 0.4) is 0 Å². The van der Waals surface area contributed by atoms with Gasteiger partial charge in [-0.05, 0) is 54.6 Å². The highest BCUT2D eigenvalue weighted by atomic mass is 79.9. The fraction of sp³-hybridized carbons (Fsp3) is 0.714. The first-order chi connectivity index (χ1) is 9.10. The van der Waals surface area contributed by atoms with Crippen molar-refractivity contribution in [1.82, 2.24) is 0 Å². The third kappa shape index (κ3) is 4.26. The minimum Gasteiger partial charge on any atom is -0.381 e. The lowest BCUT2D eigenvalue weighted by Crippen LogP contribution is -2.34. The first kappa shape index (κ1) is 15.4. The number of halogens is 1. The molecule has 4 atom stereocenters. The maximum Gasteiger partial charge on any atom is 0.107 e. The summed E-state index contributed by atoms with van der Waals surface area (Å²) in [5.41, 5.74) is 6.10. The van der Waals surface area contributed by atoms with E-state index in [0.717, 1.165) is 23.7 Å². The monoisotopic (exact) mass is 347 g/mol. The highest BCUT2D eigenvalue weighted by molar-refractivity contribution is 9.10. The van der Waals surface area contributed by atoms with Gasteiger partial charge in [-0.15, -0.1) is 11.3 Å². The minimum atomic E-state index is -0.0168. The lowest BCUT2D eigenvalue weighted by Gasteiger charge is -2.32. The Balaban J connectivity index is 2.00. The van der Waals surface area contributed by atoms with Gasteiger partial charge in [0.15, 0.2) is 0 Å². The minimum absolute atomic E-state index is 0.00604. The van der Waals surface area contributed by atoms with Gasteiger partial charge in [0.2, 0.25) is 0 Å². The van der Waals surface area contributed by atoms with Gasteiger partial charge in [-0.25, -0.2) is 0 Å². The topological polar surface area (TPSA) is 44.5 Å². The van der Waals surface area contributed by atoms with Gasteiger partial charge >= 0.3 is 0 Å². The molecule has 1 aliphatic carbocycles. The van der Waals surface area contributed by atoms with E-state index in [2.05, 4.69) is 27.4 Å². The van der Waals surface area contributed by atoms with Crippen LogP contribution in [0.25, 0.3) is 0 Å². The number of hydrogen-bond donors (Lipinski definition) is 1. The Morgan fingerprint density at radius 2 is 2.16 bits per heavy atom. The lowest BCUT2D eigenvalue weighted by molar-refractivity contribution is -0.0713. The van der Waals surface area contributed by atoms with Gasteiger partial charge in [-0.1, -0.05) is 0 Å². The van der Waals surface area contributed by atoms with Crippen LogP contribution in [0.15, 0.2) is 15.9 Å². The Bertz CT molecular complexity index is 397. The predicted molar refractivity (Wildman–Crippen MR) is 82.5 cm³/mol. The van der Waals surface area contributed by atoms with E-state index in [-0.39, 0.29) is 18.2 Å². The number of ether oxygens (including phenoxy) is 2. The molecule has 0 radical (unpaired) electrons. The van der Waals surface area contributed by atoms with E-state index in [4.69, 9.17) is 15.2 Å². The van der Waals surface area contributed by atoms with E-state index >= 15 is 0 Å². The van der Waals surface area contributed by atoms with Crippen LogP contribution in [0.2, 0.25) is 0 Å². The van der Waals surface area contributed by atoms with Crippen LogP contribution in [0, 0.1) is 0 Å². The Kier molecular flexibility index (Phi) is 5.84. The summed E-state index contributed by atoms with van der Waals surface area (Å²) in [5.74, 6) is 0. The zero-order valence-corrected chi connectivity index (χ0v) is 13.9. The molecule has 1 fully saturated rings. The average molecular weight is 348 g/mol. The molecule has 0 amide bonds. The average Bonchev–Trinajstić information content (AvgIpc) is 2.82. The van der Waals surface area contributed by atoms with Gasteiger partial charge < -0.3 is 15.2 Å². The van der Waals surface area contributed by atoms with Crippen molar-refractivity contribution >= 4 is 27.3 Å². The summed E-state index contributed by atoms with van der Waals surface area (Å²) < 4.78 is 12.8. The molecule has 2 N–H and O–H groups in total. The van der Waals surface area contributed by atoms with Crippen LogP contribution in [0.4, 0.5) is 0 Å². The van der Waals surface area contributed by atoms with Gasteiger partial charge in [-0.3, -0.25) is 0 Å². The molecule has 1 aliphatic rings. The highest BCUT2D eigenvalue weighted by Gasteiger charge is 2.28. The zero-order chi connectivity index (χ0) is 13.8. The standard InChI is InChI=1S/C14H22BrNO2S/c1-9(16)14(13-6-10(15)8-19-13)18-12-5-3-4-11(7-12)17-2/h6,8-9,11-12,14H,3-5,7,16H2,1-2H3. The third-order valence-corrected chi connectivity index (χ3v) is 5.35. The fourth-order valence-corrected chi connectivity index (χ4v) is 4.17. The maximum absolute atomic E-state index is 6.27. The van der Waals surface area contributed by atoms with Crippen molar-refractivity contribution in [2.45, 2.75) is 57.0 Å². The van der Waals surface area contributed by atoms with Gasteiger partial charge in [-0.2, -0.15) is 0 Å². The molecule has 4 unspecified atom stereocenters. The molecular formula is C14H22BrNO2S. The zero-order valence-electron chi connectivity index (χ0n) is 11.5. The quantitative estimate of drug-likeness (QED) is 0.878. The van der Waals surface area contributed by atoms with E-state index < -0.39 is 0 Å². The number of methoxy groups -OCH3 is 1. The molecule has 0 aliphatic heterocycles. The molecule has 2 rings (SSSR count). The molecule has 1 aromatic rings. The molecule has 0 saturated heterocycles. The molecule has 3 nitrogen and oxygen atoms in total. The normalized spacial score (nSPS) is 27.2. The molecule has 5 heteroatoms.